The third-order valence-electron chi connectivity index (χ3n) is 7.28. The number of amides is 1. The number of hydrogen-bond acceptors (Lipinski definition) is 8. The van der Waals surface area contributed by atoms with Gasteiger partial charge in [0.15, 0.2) is 0 Å². The standard InChI is InChI=1S/C27H26F4N4O5S/c1-13-11-33(12-14(2)35(13)24(37)21(36)25(38)39)23-17-10-18(27(29,30)31)19(15-4-6-16(28)7-5-15)22-20(17)34(26(40)32-23)8-3-9-41-22/h4-7,10,13-14,36,38-39H,3,8-9,11-12H2,1-2H3. The Hall–Kier alpha value is -3.94. The highest BCUT2D eigenvalue weighted by atomic mass is 32.2. The van der Waals surface area contributed by atoms with E-state index in [1.165, 1.54) is 33.4 Å². The normalized spacial score (nSPS) is 19.3. The molecule has 9 nitrogen and oxygen atoms in total. The van der Waals surface area contributed by atoms with E-state index in [-0.39, 0.29) is 46.9 Å². The molecule has 0 bridgehead atoms. The highest BCUT2D eigenvalue weighted by Gasteiger charge is 2.40. The molecule has 0 saturated carbocycles. The van der Waals surface area contributed by atoms with Crippen LogP contribution in [0.1, 0.15) is 25.8 Å². The molecule has 1 saturated heterocycles. The molecule has 1 aromatic heterocycles. The lowest BCUT2D eigenvalue weighted by Crippen LogP contribution is -2.59. The number of hydrogen-bond donors (Lipinski definition) is 3. The van der Waals surface area contributed by atoms with Crippen molar-refractivity contribution in [3.8, 4) is 11.1 Å². The van der Waals surface area contributed by atoms with Crippen molar-refractivity contribution in [3.63, 3.8) is 0 Å². The lowest BCUT2D eigenvalue weighted by molar-refractivity contribution is -0.137. The number of nitrogens with zero attached hydrogens (tertiary/aromatic N) is 4. The monoisotopic (exact) mass is 594 g/mol. The van der Waals surface area contributed by atoms with Gasteiger partial charge in [-0.2, -0.15) is 18.2 Å². The molecule has 3 N–H and O–H groups in total. The summed E-state index contributed by atoms with van der Waals surface area (Å²) in [6.07, 6.45) is -4.27. The van der Waals surface area contributed by atoms with E-state index in [4.69, 9.17) is 10.2 Å². The molecular weight excluding hydrogens is 568 g/mol. The molecule has 2 aliphatic rings. The van der Waals surface area contributed by atoms with Crippen LogP contribution in [0.5, 0.6) is 0 Å². The average molecular weight is 595 g/mol. The van der Waals surface area contributed by atoms with E-state index in [0.717, 1.165) is 18.2 Å². The second-order valence-corrected chi connectivity index (χ2v) is 11.2. The predicted molar refractivity (Wildman–Crippen MR) is 145 cm³/mol. The number of halogens is 4. The number of alkyl halides is 3. The molecule has 0 aliphatic carbocycles. The summed E-state index contributed by atoms with van der Waals surface area (Å²) in [7, 11) is 0. The van der Waals surface area contributed by atoms with Gasteiger partial charge < -0.3 is 25.1 Å². The van der Waals surface area contributed by atoms with Gasteiger partial charge in [-0.25, -0.2) is 9.18 Å². The molecular formula is C27H26F4N4O5S. The zero-order valence-electron chi connectivity index (χ0n) is 21.9. The number of carbonyl (C=O) groups is 1. The Labute approximate surface area is 235 Å². The van der Waals surface area contributed by atoms with Crippen LogP contribution in [0.3, 0.4) is 0 Å². The van der Waals surface area contributed by atoms with E-state index in [0.29, 0.717) is 17.7 Å². The van der Waals surface area contributed by atoms with Gasteiger partial charge in [-0.1, -0.05) is 12.1 Å². The Morgan fingerprint density at radius 2 is 1.71 bits per heavy atom. The van der Waals surface area contributed by atoms with Crippen molar-refractivity contribution in [2.45, 2.75) is 50.0 Å². The fourth-order valence-corrected chi connectivity index (χ4v) is 6.83. The van der Waals surface area contributed by atoms with Gasteiger partial charge in [-0.05, 0) is 49.8 Å². The Morgan fingerprint density at radius 1 is 1.07 bits per heavy atom. The van der Waals surface area contributed by atoms with Crippen LogP contribution < -0.4 is 10.6 Å². The van der Waals surface area contributed by atoms with Crippen LogP contribution in [0.15, 0.2) is 51.7 Å². The molecule has 0 spiro atoms. The molecule has 41 heavy (non-hydrogen) atoms. The molecule has 3 aromatic rings. The Morgan fingerprint density at radius 3 is 2.29 bits per heavy atom. The minimum Gasteiger partial charge on any atom is -0.498 e. The van der Waals surface area contributed by atoms with Gasteiger partial charge in [-0.3, -0.25) is 9.36 Å². The minimum atomic E-state index is -4.79. The first kappa shape index (κ1) is 28.6. The van der Waals surface area contributed by atoms with Crippen LogP contribution >= 0.6 is 11.8 Å². The lowest BCUT2D eigenvalue weighted by Gasteiger charge is -2.44. The second-order valence-electron chi connectivity index (χ2n) is 10.1. The Balaban J connectivity index is 1.73. The molecule has 2 unspecified atom stereocenters. The molecule has 0 radical (unpaired) electrons. The number of anilines is 1. The topological polar surface area (TPSA) is 119 Å². The molecule has 3 heterocycles. The van der Waals surface area contributed by atoms with Gasteiger partial charge in [0, 0.05) is 47.6 Å². The third kappa shape index (κ3) is 5.04. The number of aryl methyl sites for hydroxylation is 1. The number of aromatic nitrogens is 2. The maximum atomic E-state index is 14.6. The summed E-state index contributed by atoms with van der Waals surface area (Å²) in [4.78, 5) is 33.3. The first-order valence-corrected chi connectivity index (χ1v) is 13.7. The highest BCUT2D eigenvalue weighted by molar-refractivity contribution is 7.99. The van der Waals surface area contributed by atoms with E-state index in [1.807, 2.05) is 0 Å². The molecule has 2 aliphatic heterocycles. The minimum absolute atomic E-state index is 0.0247. The summed E-state index contributed by atoms with van der Waals surface area (Å²) in [6, 6.07) is 4.41. The summed E-state index contributed by atoms with van der Waals surface area (Å²) in [5.41, 5.74) is -1.25. The van der Waals surface area contributed by atoms with E-state index >= 15 is 0 Å². The number of rotatable bonds is 3. The van der Waals surface area contributed by atoms with Gasteiger partial charge in [0.1, 0.15) is 11.6 Å². The van der Waals surface area contributed by atoms with E-state index < -0.39 is 52.9 Å². The molecule has 218 valence electrons. The third-order valence-corrected chi connectivity index (χ3v) is 8.46. The number of piperazine rings is 1. The van der Waals surface area contributed by atoms with Crippen molar-refractivity contribution in [2.75, 3.05) is 23.7 Å². The summed E-state index contributed by atoms with van der Waals surface area (Å²) < 4.78 is 59.0. The molecule has 1 amide bonds. The van der Waals surface area contributed by atoms with Crippen LogP contribution in [-0.4, -0.2) is 66.6 Å². The fraction of sp³-hybridized carbons (Fsp3) is 0.370. The maximum absolute atomic E-state index is 14.6. The van der Waals surface area contributed by atoms with Gasteiger partial charge in [0.05, 0.1) is 11.1 Å². The van der Waals surface area contributed by atoms with Gasteiger partial charge >= 0.3 is 17.8 Å². The van der Waals surface area contributed by atoms with Crippen LogP contribution in [0.2, 0.25) is 0 Å². The maximum Gasteiger partial charge on any atom is 0.417 e. The van der Waals surface area contributed by atoms with E-state index in [2.05, 4.69) is 4.98 Å². The van der Waals surface area contributed by atoms with Crippen molar-refractivity contribution >= 4 is 34.4 Å². The van der Waals surface area contributed by atoms with Crippen LogP contribution in [-0.2, 0) is 17.5 Å². The largest absolute Gasteiger partial charge is 0.498 e. The SMILES string of the molecule is CC1CN(c2nc(=O)n3c4c(c(-c5ccc(F)cc5)c(C(F)(F)F)cc24)SCCC3)CC(C)N1C(=O)C(O)=C(O)O. The van der Waals surface area contributed by atoms with Crippen LogP contribution in [0.4, 0.5) is 23.4 Å². The summed E-state index contributed by atoms with van der Waals surface area (Å²) in [5.74, 6) is -3.90. The van der Waals surface area contributed by atoms with Gasteiger partial charge in [0.25, 0.3) is 11.7 Å². The average Bonchev–Trinajstić information content (AvgIpc) is 3.13. The molecule has 2 atom stereocenters. The predicted octanol–water partition coefficient (Wildman–Crippen LogP) is 4.99. The summed E-state index contributed by atoms with van der Waals surface area (Å²) in [6.45, 7) is 3.56. The van der Waals surface area contributed by atoms with E-state index in [9.17, 15) is 32.3 Å². The number of aliphatic hydroxyl groups excluding tert-OH is 2. The lowest BCUT2D eigenvalue weighted by atomic mass is 9.96. The number of benzene rings is 2. The molecule has 5 rings (SSSR count). The molecule has 14 heteroatoms. The highest BCUT2D eigenvalue weighted by Crippen LogP contribution is 2.48. The van der Waals surface area contributed by atoms with Crippen molar-refractivity contribution in [1.82, 2.24) is 14.5 Å². The number of carbonyl (C=O) groups excluding carboxylic acids is 1. The zero-order valence-corrected chi connectivity index (χ0v) is 22.8. The molecule has 2 aromatic carbocycles. The van der Waals surface area contributed by atoms with Crippen molar-refractivity contribution < 1.29 is 37.7 Å². The summed E-state index contributed by atoms with van der Waals surface area (Å²) >= 11 is 1.20. The second kappa shape index (κ2) is 10.5. The Kier molecular flexibility index (Phi) is 7.30. The van der Waals surface area contributed by atoms with Crippen LogP contribution in [0, 0.1) is 5.82 Å². The van der Waals surface area contributed by atoms with E-state index in [1.54, 1.807) is 18.7 Å². The van der Waals surface area contributed by atoms with Crippen molar-refractivity contribution in [1.29, 1.82) is 0 Å². The fourth-order valence-electron chi connectivity index (χ4n) is 5.62. The Bertz CT molecular complexity index is 1610. The van der Waals surface area contributed by atoms with Gasteiger partial charge in [-0.15, -0.1) is 11.8 Å². The number of aliphatic hydroxyl groups is 3. The quantitative estimate of drug-likeness (QED) is 0.221. The molecule has 1 fully saturated rings. The number of thioether (sulfide) groups is 1. The van der Waals surface area contributed by atoms with Gasteiger partial charge in [0.2, 0.25) is 0 Å². The summed E-state index contributed by atoms with van der Waals surface area (Å²) in [5, 5.41) is 28.2. The zero-order chi connectivity index (χ0) is 29.8. The van der Waals surface area contributed by atoms with Crippen molar-refractivity contribution in [3.05, 3.63) is 63.9 Å². The van der Waals surface area contributed by atoms with Crippen LogP contribution in [0.25, 0.3) is 22.0 Å². The first-order valence-electron chi connectivity index (χ1n) is 12.8. The smallest absolute Gasteiger partial charge is 0.417 e. The first-order chi connectivity index (χ1) is 19.3. The van der Waals surface area contributed by atoms with Crippen molar-refractivity contribution in [2.24, 2.45) is 0 Å².